The number of carbonyl (C=O) groups excluding carboxylic acids is 2. The molecule has 2 amide bonds. The zero-order valence-corrected chi connectivity index (χ0v) is 9.77. The fourth-order valence-electron chi connectivity index (χ4n) is 1.78. The van der Waals surface area contributed by atoms with Crippen LogP contribution in [0, 0.1) is 5.92 Å². The Kier molecular flexibility index (Phi) is 3.23. The number of piperidine rings is 1. The standard InChI is InChI=1S/C11H11NO4S/c13-9-4-3-7(11(15)16)6-12(9)10(14)8-2-1-5-17-8/h1-2,5,7H,3-4,6H2,(H,15,16). The van der Waals surface area contributed by atoms with E-state index in [4.69, 9.17) is 5.11 Å². The van der Waals surface area contributed by atoms with Crippen molar-refractivity contribution in [3.63, 3.8) is 0 Å². The number of amides is 2. The maximum absolute atomic E-state index is 12.0. The molecule has 0 aromatic carbocycles. The molecule has 1 atom stereocenters. The molecule has 0 saturated carbocycles. The Morgan fingerprint density at radius 1 is 1.47 bits per heavy atom. The molecule has 1 aliphatic rings. The van der Waals surface area contributed by atoms with Crippen molar-refractivity contribution in [3.8, 4) is 0 Å². The van der Waals surface area contributed by atoms with E-state index in [2.05, 4.69) is 0 Å². The van der Waals surface area contributed by atoms with Crippen LogP contribution >= 0.6 is 11.3 Å². The second-order valence-electron chi connectivity index (χ2n) is 3.86. The number of nitrogens with zero attached hydrogens (tertiary/aromatic N) is 1. The lowest BCUT2D eigenvalue weighted by Gasteiger charge is -2.28. The molecule has 0 spiro atoms. The van der Waals surface area contributed by atoms with E-state index in [0.717, 1.165) is 4.90 Å². The minimum absolute atomic E-state index is 0.0229. The first-order valence-corrected chi connectivity index (χ1v) is 6.08. The summed E-state index contributed by atoms with van der Waals surface area (Å²) in [6.07, 6.45) is 0.427. The molecule has 5 nitrogen and oxygen atoms in total. The van der Waals surface area contributed by atoms with Crippen LogP contribution < -0.4 is 0 Å². The van der Waals surface area contributed by atoms with E-state index >= 15 is 0 Å². The number of thiophene rings is 1. The number of likely N-dealkylation sites (tertiary alicyclic amines) is 1. The number of hydrogen-bond donors (Lipinski definition) is 1. The van der Waals surface area contributed by atoms with E-state index in [9.17, 15) is 14.4 Å². The zero-order valence-electron chi connectivity index (χ0n) is 8.96. The molecule has 1 unspecified atom stereocenters. The molecule has 1 fully saturated rings. The Bertz CT molecular complexity index is 454. The van der Waals surface area contributed by atoms with Gasteiger partial charge in [-0.05, 0) is 17.9 Å². The highest BCUT2D eigenvalue weighted by Gasteiger charge is 2.34. The van der Waals surface area contributed by atoms with Crippen molar-refractivity contribution < 1.29 is 19.5 Å². The summed E-state index contributed by atoms with van der Waals surface area (Å²) in [6, 6.07) is 3.35. The number of aliphatic carboxylic acids is 1. The fourth-order valence-corrected chi connectivity index (χ4v) is 2.45. The first-order valence-electron chi connectivity index (χ1n) is 5.20. The van der Waals surface area contributed by atoms with Crippen molar-refractivity contribution in [1.29, 1.82) is 0 Å². The average molecular weight is 253 g/mol. The number of rotatable bonds is 2. The topological polar surface area (TPSA) is 74.7 Å². The monoisotopic (exact) mass is 253 g/mol. The Morgan fingerprint density at radius 2 is 2.24 bits per heavy atom. The maximum atomic E-state index is 12.0. The molecular weight excluding hydrogens is 242 g/mol. The fraction of sp³-hybridized carbons (Fsp3) is 0.364. The molecule has 2 rings (SSSR count). The van der Waals surface area contributed by atoms with Crippen molar-refractivity contribution in [3.05, 3.63) is 22.4 Å². The molecular formula is C11H11NO4S. The smallest absolute Gasteiger partial charge is 0.308 e. The van der Waals surface area contributed by atoms with Crippen LogP contribution in [0.2, 0.25) is 0 Å². The quantitative estimate of drug-likeness (QED) is 0.804. The molecule has 1 aliphatic heterocycles. The van der Waals surface area contributed by atoms with Gasteiger partial charge in [0.25, 0.3) is 5.91 Å². The second-order valence-corrected chi connectivity index (χ2v) is 4.81. The lowest BCUT2D eigenvalue weighted by atomic mass is 9.97. The summed E-state index contributed by atoms with van der Waals surface area (Å²) in [5.41, 5.74) is 0. The normalized spacial score (nSPS) is 20.4. The highest BCUT2D eigenvalue weighted by Crippen LogP contribution is 2.21. The molecule has 17 heavy (non-hydrogen) atoms. The molecule has 0 bridgehead atoms. The van der Waals surface area contributed by atoms with E-state index in [-0.39, 0.29) is 18.9 Å². The van der Waals surface area contributed by atoms with Crippen LogP contribution in [0.3, 0.4) is 0 Å². The second kappa shape index (κ2) is 4.67. The van der Waals surface area contributed by atoms with Gasteiger partial charge < -0.3 is 5.11 Å². The lowest BCUT2D eigenvalue weighted by Crippen LogP contribution is -2.45. The summed E-state index contributed by atoms with van der Waals surface area (Å²) in [7, 11) is 0. The molecule has 1 aromatic rings. The number of carboxylic acids is 1. The highest BCUT2D eigenvalue weighted by atomic mass is 32.1. The van der Waals surface area contributed by atoms with E-state index in [1.165, 1.54) is 11.3 Å². The summed E-state index contributed by atoms with van der Waals surface area (Å²) in [4.78, 5) is 36.0. The van der Waals surface area contributed by atoms with Gasteiger partial charge in [0, 0.05) is 13.0 Å². The summed E-state index contributed by atoms with van der Waals surface area (Å²) >= 11 is 1.25. The van der Waals surface area contributed by atoms with Crippen molar-refractivity contribution in [1.82, 2.24) is 4.90 Å². The molecule has 90 valence electrons. The lowest BCUT2D eigenvalue weighted by molar-refractivity contribution is -0.145. The van der Waals surface area contributed by atoms with Gasteiger partial charge in [-0.2, -0.15) is 0 Å². The summed E-state index contributed by atoms with van der Waals surface area (Å²) < 4.78 is 0. The van der Waals surface area contributed by atoms with Gasteiger partial charge in [-0.25, -0.2) is 0 Å². The van der Waals surface area contributed by atoms with E-state index in [1.54, 1.807) is 17.5 Å². The number of carbonyl (C=O) groups is 3. The third-order valence-corrected chi connectivity index (χ3v) is 3.59. The summed E-state index contributed by atoms with van der Waals surface area (Å²) in [5, 5.41) is 10.7. The Labute approximate surface area is 102 Å². The molecule has 1 saturated heterocycles. The molecule has 0 aliphatic carbocycles. The van der Waals surface area contributed by atoms with Crippen LogP contribution in [0.5, 0.6) is 0 Å². The van der Waals surface area contributed by atoms with Gasteiger partial charge in [-0.1, -0.05) is 6.07 Å². The molecule has 6 heteroatoms. The minimum atomic E-state index is -0.957. The van der Waals surface area contributed by atoms with Gasteiger partial charge in [-0.15, -0.1) is 11.3 Å². The SMILES string of the molecule is O=C(O)C1CCC(=O)N(C(=O)c2cccs2)C1. The largest absolute Gasteiger partial charge is 0.481 e. The maximum Gasteiger partial charge on any atom is 0.308 e. The van der Waals surface area contributed by atoms with Crippen molar-refractivity contribution in [2.45, 2.75) is 12.8 Å². The molecule has 1 N–H and O–H groups in total. The first kappa shape index (κ1) is 11.8. The number of hydrogen-bond acceptors (Lipinski definition) is 4. The van der Waals surface area contributed by atoms with Crippen molar-refractivity contribution >= 4 is 29.1 Å². The predicted molar refractivity (Wildman–Crippen MR) is 60.7 cm³/mol. The third kappa shape index (κ3) is 2.36. The van der Waals surface area contributed by atoms with E-state index < -0.39 is 17.8 Å². The first-order chi connectivity index (χ1) is 8.09. The average Bonchev–Trinajstić information content (AvgIpc) is 2.81. The molecule has 1 aromatic heterocycles. The van der Waals surface area contributed by atoms with Gasteiger partial charge in [0.1, 0.15) is 0 Å². The van der Waals surface area contributed by atoms with Gasteiger partial charge in [-0.3, -0.25) is 19.3 Å². The van der Waals surface area contributed by atoms with Gasteiger partial charge in [0.05, 0.1) is 10.8 Å². The Morgan fingerprint density at radius 3 is 2.82 bits per heavy atom. The summed E-state index contributed by atoms with van der Waals surface area (Å²) in [6.45, 7) is -0.0229. The van der Waals surface area contributed by atoms with Crippen LogP contribution in [-0.4, -0.2) is 34.3 Å². The van der Waals surface area contributed by atoms with Crippen molar-refractivity contribution in [2.75, 3.05) is 6.54 Å². The van der Waals surface area contributed by atoms with Crippen LogP contribution in [0.15, 0.2) is 17.5 Å². The van der Waals surface area contributed by atoms with Crippen molar-refractivity contribution in [2.24, 2.45) is 5.92 Å². The Balaban J connectivity index is 2.16. The highest BCUT2D eigenvalue weighted by molar-refractivity contribution is 7.12. The van der Waals surface area contributed by atoms with Crippen LogP contribution in [0.25, 0.3) is 0 Å². The zero-order chi connectivity index (χ0) is 12.4. The Hall–Kier alpha value is -1.69. The minimum Gasteiger partial charge on any atom is -0.481 e. The van der Waals surface area contributed by atoms with E-state index in [1.807, 2.05) is 0 Å². The van der Waals surface area contributed by atoms with Gasteiger partial charge in [0.15, 0.2) is 0 Å². The van der Waals surface area contributed by atoms with E-state index in [0.29, 0.717) is 11.3 Å². The van der Waals surface area contributed by atoms with Crippen LogP contribution in [0.4, 0.5) is 0 Å². The summed E-state index contributed by atoms with van der Waals surface area (Å²) in [5.74, 6) is -2.28. The number of carboxylic acid groups (broad SMARTS) is 1. The van der Waals surface area contributed by atoms with Gasteiger partial charge >= 0.3 is 5.97 Å². The third-order valence-electron chi connectivity index (χ3n) is 2.74. The van der Waals surface area contributed by atoms with Crippen LogP contribution in [-0.2, 0) is 9.59 Å². The predicted octanol–water partition coefficient (Wildman–Crippen LogP) is 1.21. The molecule has 2 heterocycles. The number of imide groups is 1. The van der Waals surface area contributed by atoms with Gasteiger partial charge in [0.2, 0.25) is 5.91 Å². The molecule has 0 radical (unpaired) electrons. The van der Waals surface area contributed by atoms with Crippen LogP contribution in [0.1, 0.15) is 22.5 Å².